The molecule has 0 radical (unpaired) electrons. The van der Waals surface area contributed by atoms with Gasteiger partial charge in [-0.2, -0.15) is 0 Å². The number of hydrogen-bond acceptors (Lipinski definition) is 3. The van der Waals surface area contributed by atoms with Crippen molar-refractivity contribution in [2.75, 3.05) is 6.54 Å². The Bertz CT molecular complexity index is 579. The van der Waals surface area contributed by atoms with Gasteiger partial charge in [0.1, 0.15) is 6.33 Å². The Morgan fingerprint density at radius 3 is 2.45 bits per heavy atom. The number of carbonyl (C=O) groups excluding carboxylic acids is 1. The minimum absolute atomic E-state index is 0.104. The normalized spacial score (nSPS) is 16.2. The number of hydrogen-bond donors (Lipinski definition) is 1. The standard InChI is InChI=1S/C16H17N3O/c20-15(13-9-17-12-18-10-13)19-11-16(7-4-8-16)14-5-2-1-3-6-14/h1-3,5-6,9-10,12H,4,7-8,11H2,(H,19,20). The Kier molecular flexibility index (Phi) is 3.46. The largest absolute Gasteiger partial charge is 0.351 e. The average molecular weight is 267 g/mol. The summed E-state index contributed by atoms with van der Waals surface area (Å²) in [5, 5.41) is 3.02. The van der Waals surface area contributed by atoms with E-state index in [2.05, 4.69) is 39.6 Å². The van der Waals surface area contributed by atoms with Crippen LogP contribution in [0, 0.1) is 0 Å². The van der Waals surface area contributed by atoms with Crippen LogP contribution < -0.4 is 5.32 Å². The molecule has 102 valence electrons. The van der Waals surface area contributed by atoms with Gasteiger partial charge in [0.2, 0.25) is 0 Å². The average Bonchev–Trinajstić information content (AvgIpc) is 2.48. The van der Waals surface area contributed by atoms with E-state index in [9.17, 15) is 4.79 Å². The fraction of sp³-hybridized carbons (Fsp3) is 0.312. The number of rotatable bonds is 4. The van der Waals surface area contributed by atoms with Crippen molar-refractivity contribution in [2.45, 2.75) is 24.7 Å². The van der Waals surface area contributed by atoms with Gasteiger partial charge in [0.05, 0.1) is 5.56 Å². The molecule has 20 heavy (non-hydrogen) atoms. The summed E-state index contributed by atoms with van der Waals surface area (Å²) >= 11 is 0. The van der Waals surface area contributed by atoms with Crippen LogP contribution in [0.5, 0.6) is 0 Å². The first-order valence-electron chi connectivity index (χ1n) is 6.89. The Balaban J connectivity index is 1.69. The number of aromatic nitrogens is 2. The summed E-state index contributed by atoms with van der Waals surface area (Å²) in [6.45, 7) is 0.671. The van der Waals surface area contributed by atoms with Crippen molar-refractivity contribution in [1.29, 1.82) is 0 Å². The van der Waals surface area contributed by atoms with E-state index in [0.717, 1.165) is 12.8 Å². The van der Waals surface area contributed by atoms with Crippen molar-refractivity contribution >= 4 is 5.91 Å². The Hall–Kier alpha value is -2.23. The van der Waals surface area contributed by atoms with E-state index in [4.69, 9.17) is 0 Å². The van der Waals surface area contributed by atoms with Gasteiger partial charge in [0.25, 0.3) is 5.91 Å². The lowest BCUT2D eigenvalue weighted by atomic mass is 9.64. The maximum absolute atomic E-state index is 12.1. The van der Waals surface area contributed by atoms with Crippen LogP contribution in [-0.4, -0.2) is 22.4 Å². The monoisotopic (exact) mass is 267 g/mol. The van der Waals surface area contributed by atoms with E-state index in [0.29, 0.717) is 12.1 Å². The summed E-state index contributed by atoms with van der Waals surface area (Å²) in [6, 6.07) is 10.4. The third-order valence-electron chi connectivity index (χ3n) is 4.11. The lowest BCUT2D eigenvalue weighted by Crippen LogP contribution is -2.45. The quantitative estimate of drug-likeness (QED) is 0.925. The molecule has 4 heteroatoms. The molecule has 1 aliphatic rings. The second-order valence-corrected chi connectivity index (χ2v) is 5.31. The molecule has 0 unspecified atom stereocenters. The van der Waals surface area contributed by atoms with Gasteiger partial charge in [0.15, 0.2) is 0 Å². The predicted octanol–water partition coefficient (Wildman–Crippen LogP) is 2.33. The molecule has 0 aliphatic heterocycles. The highest BCUT2D eigenvalue weighted by molar-refractivity contribution is 5.93. The minimum atomic E-state index is -0.104. The summed E-state index contributed by atoms with van der Waals surface area (Å²) in [5.41, 5.74) is 1.93. The van der Waals surface area contributed by atoms with Crippen LogP contribution in [0.25, 0.3) is 0 Å². The number of nitrogens with one attached hydrogen (secondary N) is 1. The van der Waals surface area contributed by atoms with Crippen molar-refractivity contribution in [2.24, 2.45) is 0 Å². The summed E-state index contributed by atoms with van der Waals surface area (Å²) < 4.78 is 0. The number of nitrogens with zero attached hydrogens (tertiary/aromatic N) is 2. The highest BCUT2D eigenvalue weighted by atomic mass is 16.1. The summed E-state index contributed by atoms with van der Waals surface area (Å²) in [6.07, 6.45) is 7.98. The smallest absolute Gasteiger partial charge is 0.254 e. The fourth-order valence-electron chi connectivity index (χ4n) is 2.73. The number of carbonyl (C=O) groups is 1. The molecule has 0 spiro atoms. The highest BCUT2D eigenvalue weighted by Gasteiger charge is 2.38. The molecule has 0 saturated heterocycles. The second-order valence-electron chi connectivity index (χ2n) is 5.31. The van der Waals surface area contributed by atoms with E-state index < -0.39 is 0 Å². The molecule has 1 aliphatic carbocycles. The molecule has 1 amide bonds. The molecule has 1 fully saturated rings. The van der Waals surface area contributed by atoms with Gasteiger partial charge in [-0.3, -0.25) is 4.79 Å². The molecule has 1 saturated carbocycles. The van der Waals surface area contributed by atoms with Gasteiger partial charge in [-0.1, -0.05) is 36.8 Å². The Labute approximate surface area is 118 Å². The molecule has 1 aromatic heterocycles. The molecule has 2 aromatic rings. The SMILES string of the molecule is O=C(NCC1(c2ccccc2)CCC1)c1cncnc1. The summed E-state index contributed by atoms with van der Waals surface area (Å²) in [5.74, 6) is -0.104. The Morgan fingerprint density at radius 2 is 1.85 bits per heavy atom. The topological polar surface area (TPSA) is 54.9 Å². The first kappa shape index (κ1) is 12.8. The molecule has 1 heterocycles. The van der Waals surface area contributed by atoms with Crippen molar-refractivity contribution in [3.05, 3.63) is 60.2 Å². The molecule has 4 nitrogen and oxygen atoms in total. The molecule has 0 atom stereocenters. The van der Waals surface area contributed by atoms with Gasteiger partial charge >= 0.3 is 0 Å². The predicted molar refractivity (Wildman–Crippen MR) is 76.3 cm³/mol. The van der Waals surface area contributed by atoms with E-state index in [1.54, 1.807) is 0 Å². The van der Waals surface area contributed by atoms with Gasteiger partial charge in [-0.15, -0.1) is 0 Å². The zero-order valence-electron chi connectivity index (χ0n) is 11.2. The van der Waals surface area contributed by atoms with Crippen LogP contribution in [0.2, 0.25) is 0 Å². The van der Waals surface area contributed by atoms with Crippen LogP contribution in [-0.2, 0) is 5.41 Å². The van der Waals surface area contributed by atoms with Gasteiger partial charge in [0, 0.05) is 24.4 Å². The highest BCUT2D eigenvalue weighted by Crippen LogP contribution is 2.43. The molecule has 1 N–H and O–H groups in total. The van der Waals surface area contributed by atoms with Crippen molar-refractivity contribution in [3.8, 4) is 0 Å². The zero-order valence-corrected chi connectivity index (χ0v) is 11.2. The minimum Gasteiger partial charge on any atom is -0.351 e. The van der Waals surface area contributed by atoms with Crippen LogP contribution in [0.4, 0.5) is 0 Å². The lowest BCUT2D eigenvalue weighted by molar-refractivity contribution is 0.0927. The number of benzene rings is 1. The van der Waals surface area contributed by atoms with Crippen LogP contribution >= 0.6 is 0 Å². The molecule has 3 rings (SSSR count). The number of amides is 1. The van der Waals surface area contributed by atoms with Crippen LogP contribution in [0.15, 0.2) is 49.1 Å². The molecule has 0 bridgehead atoms. The fourth-order valence-corrected chi connectivity index (χ4v) is 2.73. The van der Waals surface area contributed by atoms with Gasteiger partial charge in [-0.25, -0.2) is 9.97 Å². The van der Waals surface area contributed by atoms with Crippen molar-refractivity contribution in [1.82, 2.24) is 15.3 Å². The second kappa shape index (κ2) is 5.41. The first-order chi connectivity index (χ1) is 9.80. The third kappa shape index (κ3) is 2.41. The first-order valence-corrected chi connectivity index (χ1v) is 6.89. The summed E-state index contributed by atoms with van der Waals surface area (Å²) in [4.78, 5) is 19.8. The maximum atomic E-state index is 12.1. The molecular weight excluding hydrogens is 250 g/mol. The zero-order chi connectivity index (χ0) is 13.8. The van der Waals surface area contributed by atoms with E-state index in [1.807, 2.05) is 6.07 Å². The van der Waals surface area contributed by atoms with Gasteiger partial charge < -0.3 is 5.32 Å². The summed E-state index contributed by atoms with van der Waals surface area (Å²) in [7, 11) is 0. The Morgan fingerprint density at radius 1 is 1.15 bits per heavy atom. The van der Waals surface area contributed by atoms with Crippen LogP contribution in [0.1, 0.15) is 35.2 Å². The van der Waals surface area contributed by atoms with Crippen molar-refractivity contribution < 1.29 is 4.79 Å². The van der Waals surface area contributed by atoms with E-state index >= 15 is 0 Å². The van der Waals surface area contributed by atoms with E-state index in [1.165, 1.54) is 30.7 Å². The molecular formula is C16H17N3O. The van der Waals surface area contributed by atoms with Gasteiger partial charge in [-0.05, 0) is 18.4 Å². The lowest BCUT2D eigenvalue weighted by Gasteiger charge is -2.42. The molecule has 1 aromatic carbocycles. The maximum Gasteiger partial charge on any atom is 0.254 e. The third-order valence-corrected chi connectivity index (χ3v) is 4.11. The van der Waals surface area contributed by atoms with E-state index in [-0.39, 0.29) is 11.3 Å². The van der Waals surface area contributed by atoms with Crippen molar-refractivity contribution in [3.63, 3.8) is 0 Å². The van der Waals surface area contributed by atoms with Crippen LogP contribution in [0.3, 0.4) is 0 Å².